The highest BCUT2D eigenvalue weighted by Gasteiger charge is 2.30. The molecule has 150 valence electrons. The maximum atomic E-state index is 13.2. The molecule has 0 heterocycles. The third kappa shape index (κ3) is 4.63. The molecule has 0 aliphatic heterocycles. The van der Waals surface area contributed by atoms with E-state index in [2.05, 4.69) is 5.43 Å². The Morgan fingerprint density at radius 3 is 2.04 bits per heavy atom. The van der Waals surface area contributed by atoms with E-state index in [0.29, 0.717) is 22.6 Å². The van der Waals surface area contributed by atoms with E-state index in [1.807, 2.05) is 46.8 Å². The molecule has 0 fully saturated rings. The van der Waals surface area contributed by atoms with Crippen molar-refractivity contribution in [1.82, 2.24) is 10.4 Å². The maximum absolute atomic E-state index is 13.2. The second-order valence-electron chi connectivity index (χ2n) is 7.60. The highest BCUT2D eigenvalue weighted by Crippen LogP contribution is 2.25. The van der Waals surface area contributed by atoms with Gasteiger partial charge in [0.05, 0.1) is 19.8 Å². The number of hydrazine groups is 1. The molecule has 0 atom stereocenters. The third-order valence-electron chi connectivity index (χ3n) is 4.53. The molecule has 0 radical (unpaired) electrons. The van der Waals surface area contributed by atoms with Crippen LogP contribution in [-0.4, -0.2) is 36.6 Å². The maximum Gasteiger partial charge on any atom is 0.273 e. The second-order valence-corrected chi connectivity index (χ2v) is 7.60. The number of ether oxygens (including phenoxy) is 2. The Morgan fingerprint density at radius 1 is 0.964 bits per heavy atom. The molecule has 0 saturated carbocycles. The van der Waals surface area contributed by atoms with Gasteiger partial charge in [-0.15, -0.1) is 0 Å². The Labute approximate surface area is 166 Å². The van der Waals surface area contributed by atoms with E-state index in [4.69, 9.17) is 9.47 Å². The zero-order valence-electron chi connectivity index (χ0n) is 17.5. The number of carbonyl (C=O) groups is 2. The summed E-state index contributed by atoms with van der Waals surface area (Å²) in [6.45, 7) is 9.39. The minimum Gasteiger partial charge on any atom is -0.497 e. The van der Waals surface area contributed by atoms with Crippen LogP contribution < -0.4 is 14.9 Å². The molecular weight excluding hydrogens is 356 g/mol. The van der Waals surface area contributed by atoms with Crippen LogP contribution in [0.3, 0.4) is 0 Å². The number of nitrogens with zero attached hydrogens (tertiary/aromatic N) is 1. The summed E-state index contributed by atoms with van der Waals surface area (Å²) in [5, 5.41) is 1.34. The van der Waals surface area contributed by atoms with Crippen molar-refractivity contribution in [2.24, 2.45) is 0 Å². The van der Waals surface area contributed by atoms with Crippen LogP contribution in [0.4, 0.5) is 0 Å². The van der Waals surface area contributed by atoms with Crippen LogP contribution >= 0.6 is 0 Å². The minimum absolute atomic E-state index is 0.334. The fourth-order valence-corrected chi connectivity index (χ4v) is 2.74. The van der Waals surface area contributed by atoms with Crippen molar-refractivity contribution in [2.45, 2.75) is 40.2 Å². The van der Waals surface area contributed by atoms with Crippen molar-refractivity contribution in [2.75, 3.05) is 14.2 Å². The Hall–Kier alpha value is -3.02. The quantitative estimate of drug-likeness (QED) is 0.812. The van der Waals surface area contributed by atoms with Crippen molar-refractivity contribution < 1.29 is 19.1 Å². The predicted octanol–water partition coefficient (Wildman–Crippen LogP) is 3.91. The third-order valence-corrected chi connectivity index (χ3v) is 4.53. The summed E-state index contributed by atoms with van der Waals surface area (Å²) in [6.07, 6.45) is 0. The van der Waals surface area contributed by atoms with Gasteiger partial charge in [-0.25, -0.2) is 5.01 Å². The van der Waals surface area contributed by atoms with Gasteiger partial charge >= 0.3 is 0 Å². The molecule has 1 N–H and O–H groups in total. The van der Waals surface area contributed by atoms with Gasteiger partial charge in [0, 0.05) is 17.2 Å². The first-order valence-electron chi connectivity index (χ1n) is 9.03. The number of hydrogen-bond donors (Lipinski definition) is 1. The first-order chi connectivity index (χ1) is 13.1. The lowest BCUT2D eigenvalue weighted by Gasteiger charge is -2.35. The molecular formula is C22H28N2O4. The van der Waals surface area contributed by atoms with Crippen molar-refractivity contribution >= 4 is 11.8 Å². The molecule has 0 saturated heterocycles. The van der Waals surface area contributed by atoms with Crippen LogP contribution in [0.5, 0.6) is 11.5 Å². The summed E-state index contributed by atoms with van der Waals surface area (Å²) in [7, 11) is 3.04. The van der Waals surface area contributed by atoms with Gasteiger partial charge in [-0.05, 0) is 63.9 Å². The number of hydrogen-bond acceptors (Lipinski definition) is 4. The van der Waals surface area contributed by atoms with Gasteiger partial charge in [0.25, 0.3) is 11.8 Å². The zero-order valence-corrected chi connectivity index (χ0v) is 17.5. The Morgan fingerprint density at radius 2 is 1.54 bits per heavy atom. The van der Waals surface area contributed by atoms with Crippen molar-refractivity contribution in [3.63, 3.8) is 0 Å². The summed E-state index contributed by atoms with van der Waals surface area (Å²) in [5.74, 6) is 0.303. The Kier molecular flexibility index (Phi) is 6.33. The van der Waals surface area contributed by atoms with E-state index < -0.39 is 5.54 Å². The molecule has 0 aromatic heterocycles. The molecule has 0 spiro atoms. The molecule has 2 rings (SSSR count). The molecule has 28 heavy (non-hydrogen) atoms. The summed E-state index contributed by atoms with van der Waals surface area (Å²) < 4.78 is 10.5. The minimum atomic E-state index is -0.652. The van der Waals surface area contributed by atoms with E-state index in [1.165, 1.54) is 19.2 Å². The first kappa shape index (κ1) is 21.3. The van der Waals surface area contributed by atoms with Gasteiger partial charge in [-0.3, -0.25) is 15.0 Å². The van der Waals surface area contributed by atoms with Gasteiger partial charge in [0.2, 0.25) is 0 Å². The smallest absolute Gasteiger partial charge is 0.273 e. The topological polar surface area (TPSA) is 67.9 Å². The van der Waals surface area contributed by atoms with E-state index in [0.717, 1.165) is 11.1 Å². The van der Waals surface area contributed by atoms with Gasteiger partial charge in [0.1, 0.15) is 11.5 Å². The number of methoxy groups -OCH3 is 2. The van der Waals surface area contributed by atoms with E-state index in [-0.39, 0.29) is 11.8 Å². The molecule has 0 bridgehead atoms. The SMILES string of the molecule is COc1cc(OC)cc(C(=O)N(NC(=O)c2cccc(C)c2C)C(C)(C)C)c1. The fourth-order valence-electron chi connectivity index (χ4n) is 2.74. The summed E-state index contributed by atoms with van der Waals surface area (Å²) in [4.78, 5) is 26.1. The summed E-state index contributed by atoms with van der Waals surface area (Å²) in [6, 6.07) is 10.4. The second kappa shape index (κ2) is 8.33. The number of amides is 2. The average molecular weight is 384 g/mol. The molecule has 0 unspecified atom stereocenters. The standard InChI is InChI=1S/C22H28N2O4/c1-14-9-8-10-19(15(14)2)20(25)23-24(22(3,4)5)21(26)16-11-17(27-6)13-18(12-16)28-7/h8-13H,1-7H3,(H,23,25). The van der Waals surface area contributed by atoms with Crippen LogP contribution in [-0.2, 0) is 0 Å². The van der Waals surface area contributed by atoms with Crippen LogP contribution in [0.15, 0.2) is 36.4 Å². The van der Waals surface area contributed by atoms with Crippen molar-refractivity contribution in [1.29, 1.82) is 0 Å². The van der Waals surface area contributed by atoms with Crippen LogP contribution in [0.2, 0.25) is 0 Å². The summed E-state index contributed by atoms with van der Waals surface area (Å²) >= 11 is 0. The highest BCUT2D eigenvalue weighted by atomic mass is 16.5. The van der Waals surface area contributed by atoms with Gasteiger partial charge in [-0.1, -0.05) is 12.1 Å². The summed E-state index contributed by atoms with van der Waals surface area (Å²) in [5.41, 5.74) is 4.90. The molecule has 2 aromatic rings. The van der Waals surface area contributed by atoms with E-state index >= 15 is 0 Å². The first-order valence-corrected chi connectivity index (χ1v) is 9.03. The lowest BCUT2D eigenvalue weighted by Crippen LogP contribution is -2.56. The van der Waals surface area contributed by atoms with Crippen molar-refractivity contribution in [3.05, 3.63) is 58.7 Å². The molecule has 6 heteroatoms. The predicted molar refractivity (Wildman–Crippen MR) is 109 cm³/mol. The number of benzene rings is 2. The van der Waals surface area contributed by atoms with Crippen molar-refractivity contribution in [3.8, 4) is 11.5 Å². The van der Waals surface area contributed by atoms with E-state index in [1.54, 1.807) is 24.3 Å². The number of rotatable bonds is 4. The van der Waals surface area contributed by atoms with Crippen LogP contribution in [0.1, 0.15) is 52.6 Å². The van der Waals surface area contributed by atoms with E-state index in [9.17, 15) is 9.59 Å². The molecule has 2 amide bonds. The van der Waals surface area contributed by atoms with Gasteiger partial charge in [0.15, 0.2) is 0 Å². The Balaban J connectivity index is 2.40. The molecule has 6 nitrogen and oxygen atoms in total. The molecule has 0 aliphatic carbocycles. The van der Waals surface area contributed by atoms with Gasteiger partial charge < -0.3 is 9.47 Å². The number of nitrogens with one attached hydrogen (secondary N) is 1. The molecule has 0 aliphatic rings. The monoisotopic (exact) mass is 384 g/mol. The van der Waals surface area contributed by atoms with Crippen LogP contribution in [0.25, 0.3) is 0 Å². The average Bonchev–Trinajstić information content (AvgIpc) is 2.66. The largest absolute Gasteiger partial charge is 0.497 e. The Bertz CT molecular complexity index is 862. The zero-order chi connectivity index (χ0) is 21.1. The fraction of sp³-hybridized carbons (Fsp3) is 0.364. The van der Waals surface area contributed by atoms with Crippen LogP contribution in [0, 0.1) is 13.8 Å². The normalized spacial score (nSPS) is 11.0. The number of carbonyl (C=O) groups excluding carboxylic acids is 2. The highest BCUT2D eigenvalue weighted by molar-refractivity contribution is 6.00. The van der Waals surface area contributed by atoms with Gasteiger partial charge in [-0.2, -0.15) is 0 Å². The lowest BCUT2D eigenvalue weighted by atomic mass is 10.0. The number of aryl methyl sites for hydroxylation is 1. The lowest BCUT2D eigenvalue weighted by molar-refractivity contribution is 0.0358. The molecule has 2 aromatic carbocycles.